The van der Waals surface area contributed by atoms with Gasteiger partial charge in [-0.1, -0.05) is 0 Å². The molecule has 2 bridgehead atoms. The van der Waals surface area contributed by atoms with Crippen molar-refractivity contribution in [3.05, 3.63) is 54.4 Å². The quantitative estimate of drug-likeness (QED) is 0.520. The lowest BCUT2D eigenvalue weighted by molar-refractivity contribution is 0.0692. The predicted octanol–water partition coefficient (Wildman–Crippen LogP) is 3.24. The Hall–Kier alpha value is -3.46. The maximum Gasteiger partial charge on any atom is 0.261 e. The molecule has 0 aromatic carbocycles. The molecule has 4 aromatic heterocycles. The Bertz CT molecular complexity index is 1330. The minimum Gasteiger partial charge on any atom is -0.490 e. The molecule has 2 aliphatic rings. The molecule has 9 heteroatoms. The number of ether oxygens (including phenoxy) is 2. The number of carbonyl (C=O) groups is 1. The lowest BCUT2D eigenvalue weighted by atomic mass is 9.85. The first-order valence-corrected chi connectivity index (χ1v) is 10.9. The van der Waals surface area contributed by atoms with Gasteiger partial charge in [-0.15, -0.1) is 0 Å². The van der Waals surface area contributed by atoms with E-state index in [1.807, 2.05) is 30.5 Å². The molecule has 2 atom stereocenters. The number of imidazole rings is 1. The van der Waals surface area contributed by atoms with Crippen LogP contribution in [-0.2, 0) is 10.2 Å². The summed E-state index contributed by atoms with van der Waals surface area (Å²) >= 11 is 0. The second-order valence-corrected chi connectivity index (χ2v) is 8.97. The van der Waals surface area contributed by atoms with Crippen LogP contribution < -0.4 is 10.1 Å². The highest BCUT2D eigenvalue weighted by molar-refractivity contribution is 6.07. The molecule has 1 saturated carbocycles. The van der Waals surface area contributed by atoms with Gasteiger partial charge in [0.2, 0.25) is 0 Å². The molecular weight excluding hydrogens is 408 g/mol. The summed E-state index contributed by atoms with van der Waals surface area (Å²) in [5.74, 6) is 0.206. The number of pyridine rings is 1. The molecule has 0 unspecified atom stereocenters. The van der Waals surface area contributed by atoms with Gasteiger partial charge in [-0.25, -0.2) is 14.5 Å². The Morgan fingerprint density at radius 2 is 2.28 bits per heavy atom. The van der Waals surface area contributed by atoms with Crippen LogP contribution in [0.5, 0.6) is 5.75 Å². The predicted molar refractivity (Wildman–Crippen MR) is 117 cm³/mol. The van der Waals surface area contributed by atoms with Gasteiger partial charge >= 0.3 is 0 Å². The minimum atomic E-state index is -0.290. The van der Waals surface area contributed by atoms with Crippen molar-refractivity contribution >= 4 is 22.9 Å². The first-order valence-electron chi connectivity index (χ1n) is 10.9. The van der Waals surface area contributed by atoms with Crippen LogP contribution in [0, 0.1) is 0 Å². The van der Waals surface area contributed by atoms with E-state index in [1.54, 1.807) is 35.4 Å². The number of anilines is 1. The van der Waals surface area contributed by atoms with Crippen LogP contribution in [0.25, 0.3) is 11.3 Å². The third-order valence-electron chi connectivity index (χ3n) is 6.39. The Labute approximate surface area is 184 Å². The number of amides is 1. The molecular formula is C23H24N6O3. The fourth-order valence-corrected chi connectivity index (χ4v) is 4.83. The second kappa shape index (κ2) is 7.03. The zero-order valence-corrected chi connectivity index (χ0v) is 18.0. The van der Waals surface area contributed by atoms with Crippen molar-refractivity contribution in [1.82, 2.24) is 24.0 Å². The van der Waals surface area contributed by atoms with Crippen molar-refractivity contribution < 1.29 is 14.3 Å². The number of hydrogen-bond acceptors (Lipinski definition) is 6. The first kappa shape index (κ1) is 19.2. The van der Waals surface area contributed by atoms with Crippen molar-refractivity contribution in [2.75, 3.05) is 11.9 Å². The zero-order chi connectivity index (χ0) is 21.9. The van der Waals surface area contributed by atoms with Crippen molar-refractivity contribution in [2.24, 2.45) is 0 Å². The molecule has 1 aliphatic heterocycles. The molecule has 1 N–H and O–H groups in total. The van der Waals surface area contributed by atoms with E-state index in [9.17, 15) is 4.79 Å². The summed E-state index contributed by atoms with van der Waals surface area (Å²) in [6.45, 7) is 4.59. The number of rotatable bonds is 5. The summed E-state index contributed by atoms with van der Waals surface area (Å²) in [6.07, 6.45) is 12.3. The molecule has 1 aliphatic carbocycles. The fraction of sp³-hybridized carbons (Fsp3) is 0.391. The van der Waals surface area contributed by atoms with Crippen LogP contribution in [0.3, 0.4) is 0 Å². The van der Waals surface area contributed by atoms with E-state index in [0.29, 0.717) is 35.4 Å². The number of aromatic nitrogens is 5. The average Bonchev–Trinajstić information content (AvgIpc) is 3.56. The smallest absolute Gasteiger partial charge is 0.261 e. The minimum absolute atomic E-state index is 0.0130. The molecule has 0 radical (unpaired) electrons. The fourth-order valence-electron chi connectivity index (χ4n) is 4.83. The third-order valence-corrected chi connectivity index (χ3v) is 6.39. The Balaban J connectivity index is 1.39. The topological polar surface area (TPSA) is 95.0 Å². The number of nitrogens with one attached hydrogen (secondary N) is 1. The SMILES string of the molecule is CC(C)Oc1cc2nc([C@@]34CC[C@@H](C3)OC4)cn2cc1C(=O)Nc1cnn2cccnc12. The molecule has 1 saturated heterocycles. The molecule has 5 heterocycles. The van der Waals surface area contributed by atoms with Crippen LogP contribution in [0.2, 0.25) is 0 Å². The molecule has 164 valence electrons. The normalized spacial score (nSPS) is 22.3. The lowest BCUT2D eigenvalue weighted by Crippen LogP contribution is -2.25. The molecule has 32 heavy (non-hydrogen) atoms. The summed E-state index contributed by atoms with van der Waals surface area (Å²) in [6, 6.07) is 3.62. The standard InChI is InChI=1S/C23H24N6O3/c1-14(2)32-18-8-20-27-19(23-5-4-15(9-23)31-13-23)12-28(20)11-16(18)22(30)26-17-10-25-29-7-3-6-24-21(17)29/h3,6-8,10-12,14-15H,4-5,9,13H2,1-2H3,(H,26,30)/t15-,23-/m0/s1. The molecule has 4 aromatic rings. The monoisotopic (exact) mass is 432 g/mol. The molecule has 1 amide bonds. The van der Waals surface area contributed by atoms with Crippen molar-refractivity contribution in [3.63, 3.8) is 0 Å². The first-order chi connectivity index (χ1) is 15.5. The van der Waals surface area contributed by atoms with Gasteiger partial charge in [0.1, 0.15) is 17.1 Å². The van der Waals surface area contributed by atoms with Gasteiger partial charge in [0.05, 0.1) is 36.3 Å². The Kier molecular flexibility index (Phi) is 4.23. The largest absolute Gasteiger partial charge is 0.490 e. The molecule has 2 fully saturated rings. The molecule has 0 spiro atoms. The molecule has 9 nitrogen and oxygen atoms in total. The average molecular weight is 432 g/mol. The van der Waals surface area contributed by atoms with Crippen LogP contribution in [0.1, 0.15) is 49.2 Å². The maximum absolute atomic E-state index is 13.3. The van der Waals surface area contributed by atoms with E-state index in [0.717, 1.165) is 30.6 Å². The van der Waals surface area contributed by atoms with Crippen LogP contribution in [0.15, 0.2) is 43.1 Å². The molecule has 6 rings (SSSR count). The van der Waals surface area contributed by atoms with Gasteiger partial charge in [0, 0.05) is 36.3 Å². The van der Waals surface area contributed by atoms with E-state index in [-0.39, 0.29) is 17.4 Å². The van der Waals surface area contributed by atoms with Crippen molar-refractivity contribution in [3.8, 4) is 5.75 Å². The Morgan fingerprint density at radius 3 is 3.03 bits per heavy atom. The summed E-state index contributed by atoms with van der Waals surface area (Å²) in [4.78, 5) is 22.5. The van der Waals surface area contributed by atoms with Crippen LogP contribution in [0.4, 0.5) is 5.69 Å². The highest BCUT2D eigenvalue weighted by Crippen LogP contribution is 2.47. The Morgan fingerprint density at radius 1 is 1.38 bits per heavy atom. The number of fused-ring (bicyclic) bond motifs is 4. The number of nitrogens with zero attached hydrogens (tertiary/aromatic N) is 5. The second-order valence-electron chi connectivity index (χ2n) is 8.97. The van der Waals surface area contributed by atoms with E-state index < -0.39 is 0 Å². The maximum atomic E-state index is 13.3. The van der Waals surface area contributed by atoms with Crippen LogP contribution in [-0.4, -0.2) is 48.7 Å². The zero-order valence-electron chi connectivity index (χ0n) is 18.0. The highest BCUT2D eigenvalue weighted by atomic mass is 16.5. The summed E-state index contributed by atoms with van der Waals surface area (Å²) < 4.78 is 15.4. The van der Waals surface area contributed by atoms with E-state index >= 15 is 0 Å². The third kappa shape index (κ3) is 3.03. The van der Waals surface area contributed by atoms with Crippen LogP contribution >= 0.6 is 0 Å². The summed E-state index contributed by atoms with van der Waals surface area (Å²) in [5.41, 5.74) is 3.31. The summed E-state index contributed by atoms with van der Waals surface area (Å²) in [5, 5.41) is 7.16. The van der Waals surface area contributed by atoms with Gasteiger partial charge in [-0.3, -0.25) is 4.79 Å². The number of carbonyl (C=O) groups excluding carboxylic acids is 1. The van der Waals surface area contributed by atoms with Gasteiger partial charge < -0.3 is 19.2 Å². The lowest BCUT2D eigenvalue weighted by Gasteiger charge is -2.22. The summed E-state index contributed by atoms with van der Waals surface area (Å²) in [7, 11) is 0. The van der Waals surface area contributed by atoms with Crippen molar-refractivity contribution in [1.29, 1.82) is 0 Å². The van der Waals surface area contributed by atoms with Gasteiger partial charge in [0.25, 0.3) is 5.91 Å². The van der Waals surface area contributed by atoms with E-state index in [1.165, 1.54) is 0 Å². The van der Waals surface area contributed by atoms with Gasteiger partial charge in [0.15, 0.2) is 5.65 Å². The van der Waals surface area contributed by atoms with Crippen molar-refractivity contribution in [2.45, 2.75) is 50.7 Å². The van der Waals surface area contributed by atoms with Gasteiger partial charge in [-0.05, 0) is 39.2 Å². The van der Waals surface area contributed by atoms with E-state index in [4.69, 9.17) is 14.5 Å². The van der Waals surface area contributed by atoms with E-state index in [2.05, 4.69) is 15.4 Å². The number of hydrogen-bond donors (Lipinski definition) is 1. The highest BCUT2D eigenvalue weighted by Gasteiger charge is 2.48. The van der Waals surface area contributed by atoms with Gasteiger partial charge in [-0.2, -0.15) is 5.10 Å².